The van der Waals surface area contributed by atoms with Crippen molar-refractivity contribution in [3.05, 3.63) is 48.2 Å². The van der Waals surface area contributed by atoms with E-state index in [0.717, 1.165) is 11.4 Å². The summed E-state index contributed by atoms with van der Waals surface area (Å²) in [6.07, 6.45) is 0. The maximum absolute atomic E-state index is 12.1. The Morgan fingerprint density at radius 2 is 1.74 bits per heavy atom. The van der Waals surface area contributed by atoms with Crippen molar-refractivity contribution < 1.29 is 8.42 Å². The smallest absolute Gasteiger partial charge is 0.263 e. The number of nitrogens with one attached hydrogen (secondary N) is 2. The monoisotopic (exact) mass is 277 g/mol. The van der Waals surface area contributed by atoms with Crippen LogP contribution in [0.3, 0.4) is 0 Å². The summed E-state index contributed by atoms with van der Waals surface area (Å²) in [5.74, 6) is 0.317. The van der Waals surface area contributed by atoms with Gasteiger partial charge in [-0.05, 0) is 43.3 Å². The van der Waals surface area contributed by atoms with Crippen molar-refractivity contribution in [3.8, 4) is 0 Å². The normalized spacial score (nSPS) is 11.1. The molecule has 2 aromatic rings. The van der Waals surface area contributed by atoms with Crippen LogP contribution >= 0.6 is 0 Å². The van der Waals surface area contributed by atoms with E-state index in [4.69, 9.17) is 0 Å². The van der Waals surface area contributed by atoms with E-state index >= 15 is 0 Å². The third kappa shape index (κ3) is 3.23. The second-order valence-corrected chi connectivity index (χ2v) is 5.73. The van der Waals surface area contributed by atoms with E-state index < -0.39 is 10.0 Å². The molecule has 0 unspecified atom stereocenters. The first-order chi connectivity index (χ1) is 9.01. The molecular formula is C13H15N3O2S. The molecule has 2 N–H and O–H groups in total. The molecule has 1 aromatic carbocycles. The van der Waals surface area contributed by atoms with Gasteiger partial charge in [-0.1, -0.05) is 6.07 Å². The molecule has 0 aliphatic carbocycles. The minimum atomic E-state index is -3.60. The van der Waals surface area contributed by atoms with E-state index in [1.807, 2.05) is 0 Å². The topological polar surface area (TPSA) is 71.1 Å². The number of nitrogens with zero attached hydrogens (tertiary/aromatic N) is 1. The van der Waals surface area contributed by atoms with Crippen molar-refractivity contribution >= 4 is 21.5 Å². The number of sulfonamides is 1. The third-order valence-electron chi connectivity index (χ3n) is 2.58. The third-order valence-corrected chi connectivity index (χ3v) is 3.95. The molecule has 0 atom stereocenters. The van der Waals surface area contributed by atoms with Gasteiger partial charge >= 0.3 is 0 Å². The van der Waals surface area contributed by atoms with Gasteiger partial charge in [-0.15, -0.1) is 0 Å². The fourth-order valence-electron chi connectivity index (χ4n) is 1.60. The number of hydrogen-bond donors (Lipinski definition) is 2. The molecule has 0 saturated carbocycles. The van der Waals surface area contributed by atoms with Gasteiger partial charge in [0.1, 0.15) is 5.82 Å². The van der Waals surface area contributed by atoms with E-state index in [1.54, 1.807) is 56.4 Å². The van der Waals surface area contributed by atoms with Gasteiger partial charge in [0, 0.05) is 18.4 Å². The number of hydrogen-bond acceptors (Lipinski definition) is 4. The number of pyridine rings is 1. The van der Waals surface area contributed by atoms with Crippen LogP contribution in [0.4, 0.5) is 11.5 Å². The SMILES string of the molecule is CNc1ccc(S(=O)(=O)Nc2cccc(C)n2)cc1. The molecule has 6 heteroatoms. The van der Waals surface area contributed by atoms with Crippen molar-refractivity contribution in [2.45, 2.75) is 11.8 Å². The molecule has 0 radical (unpaired) electrons. The Labute approximate surface area is 112 Å². The summed E-state index contributed by atoms with van der Waals surface area (Å²) in [7, 11) is -1.82. The van der Waals surface area contributed by atoms with Crippen LogP contribution < -0.4 is 10.0 Å². The number of benzene rings is 1. The number of rotatable bonds is 4. The Bertz CT molecular complexity index is 667. The molecule has 100 valence electrons. The zero-order valence-corrected chi connectivity index (χ0v) is 11.5. The summed E-state index contributed by atoms with van der Waals surface area (Å²) in [6, 6.07) is 11.7. The molecule has 0 bridgehead atoms. The lowest BCUT2D eigenvalue weighted by Gasteiger charge is -2.08. The highest BCUT2D eigenvalue weighted by atomic mass is 32.2. The van der Waals surface area contributed by atoms with Crippen molar-refractivity contribution in [3.63, 3.8) is 0 Å². The fraction of sp³-hybridized carbons (Fsp3) is 0.154. The molecule has 5 nitrogen and oxygen atoms in total. The quantitative estimate of drug-likeness (QED) is 0.899. The van der Waals surface area contributed by atoms with Gasteiger partial charge in [-0.3, -0.25) is 4.72 Å². The van der Waals surface area contributed by atoms with Gasteiger partial charge in [0.2, 0.25) is 0 Å². The molecule has 0 fully saturated rings. The van der Waals surface area contributed by atoms with Crippen molar-refractivity contribution in [2.75, 3.05) is 17.1 Å². The van der Waals surface area contributed by atoms with E-state index in [2.05, 4.69) is 15.0 Å². The maximum Gasteiger partial charge on any atom is 0.263 e. The standard InChI is InChI=1S/C13H15N3O2S/c1-10-4-3-5-13(15-10)16-19(17,18)12-8-6-11(14-2)7-9-12/h3-9,14H,1-2H3,(H,15,16). The lowest BCUT2D eigenvalue weighted by molar-refractivity contribution is 0.601. The summed E-state index contributed by atoms with van der Waals surface area (Å²) < 4.78 is 26.7. The molecule has 0 spiro atoms. The van der Waals surface area contributed by atoms with Crippen LogP contribution in [0.1, 0.15) is 5.69 Å². The summed E-state index contributed by atoms with van der Waals surface area (Å²) in [5.41, 5.74) is 1.61. The van der Waals surface area contributed by atoms with Crippen LogP contribution in [0.2, 0.25) is 0 Å². The van der Waals surface area contributed by atoms with Crippen molar-refractivity contribution in [1.82, 2.24) is 4.98 Å². The predicted octanol–water partition coefficient (Wildman–Crippen LogP) is 2.23. The Morgan fingerprint density at radius 1 is 1.05 bits per heavy atom. The Kier molecular flexibility index (Phi) is 3.71. The van der Waals surface area contributed by atoms with Gasteiger partial charge < -0.3 is 5.32 Å². The largest absolute Gasteiger partial charge is 0.388 e. The van der Waals surface area contributed by atoms with E-state index in [0.29, 0.717) is 5.82 Å². The molecule has 0 saturated heterocycles. The van der Waals surface area contributed by atoms with Gasteiger partial charge in [0.05, 0.1) is 4.90 Å². The van der Waals surface area contributed by atoms with Crippen LogP contribution in [-0.4, -0.2) is 20.4 Å². The summed E-state index contributed by atoms with van der Waals surface area (Å²) >= 11 is 0. The Balaban J connectivity index is 2.27. The first-order valence-corrected chi connectivity index (χ1v) is 7.24. The fourth-order valence-corrected chi connectivity index (χ4v) is 2.60. The van der Waals surface area contributed by atoms with Crippen LogP contribution in [0, 0.1) is 6.92 Å². The lowest BCUT2D eigenvalue weighted by Crippen LogP contribution is -2.14. The first kappa shape index (κ1) is 13.4. The number of aromatic nitrogens is 1. The second kappa shape index (κ2) is 5.27. The lowest BCUT2D eigenvalue weighted by atomic mass is 10.3. The number of anilines is 2. The zero-order valence-electron chi connectivity index (χ0n) is 10.7. The highest BCUT2D eigenvalue weighted by molar-refractivity contribution is 7.92. The van der Waals surface area contributed by atoms with E-state index in [9.17, 15) is 8.42 Å². The number of aryl methyl sites for hydroxylation is 1. The molecule has 19 heavy (non-hydrogen) atoms. The predicted molar refractivity (Wildman–Crippen MR) is 75.8 cm³/mol. The van der Waals surface area contributed by atoms with Crippen LogP contribution in [0.25, 0.3) is 0 Å². The minimum Gasteiger partial charge on any atom is -0.388 e. The van der Waals surface area contributed by atoms with Gasteiger partial charge in [0.25, 0.3) is 10.0 Å². The Morgan fingerprint density at radius 3 is 2.32 bits per heavy atom. The van der Waals surface area contributed by atoms with E-state index in [-0.39, 0.29) is 4.90 Å². The average molecular weight is 277 g/mol. The van der Waals surface area contributed by atoms with Crippen LogP contribution in [-0.2, 0) is 10.0 Å². The van der Waals surface area contributed by atoms with Gasteiger partial charge in [-0.2, -0.15) is 0 Å². The molecule has 0 aliphatic rings. The Hall–Kier alpha value is -2.08. The van der Waals surface area contributed by atoms with Gasteiger partial charge in [-0.25, -0.2) is 13.4 Å². The average Bonchev–Trinajstić information content (AvgIpc) is 2.38. The van der Waals surface area contributed by atoms with Crippen molar-refractivity contribution in [1.29, 1.82) is 0 Å². The zero-order chi connectivity index (χ0) is 13.9. The second-order valence-electron chi connectivity index (χ2n) is 4.04. The molecule has 2 rings (SSSR count). The molecular weight excluding hydrogens is 262 g/mol. The molecule has 0 aliphatic heterocycles. The van der Waals surface area contributed by atoms with Crippen LogP contribution in [0.5, 0.6) is 0 Å². The molecule has 1 aromatic heterocycles. The molecule has 0 amide bonds. The molecule has 1 heterocycles. The summed E-state index contributed by atoms with van der Waals surface area (Å²) in [4.78, 5) is 4.32. The highest BCUT2D eigenvalue weighted by Gasteiger charge is 2.14. The van der Waals surface area contributed by atoms with E-state index in [1.165, 1.54) is 0 Å². The van der Waals surface area contributed by atoms with Crippen LogP contribution in [0.15, 0.2) is 47.4 Å². The first-order valence-electron chi connectivity index (χ1n) is 5.75. The summed E-state index contributed by atoms with van der Waals surface area (Å²) in [5, 5.41) is 2.94. The summed E-state index contributed by atoms with van der Waals surface area (Å²) in [6.45, 7) is 1.81. The maximum atomic E-state index is 12.1. The van der Waals surface area contributed by atoms with Crippen molar-refractivity contribution in [2.24, 2.45) is 0 Å². The minimum absolute atomic E-state index is 0.204. The highest BCUT2D eigenvalue weighted by Crippen LogP contribution is 2.16. The van der Waals surface area contributed by atoms with Gasteiger partial charge in [0.15, 0.2) is 0 Å².